The molecule has 1 aromatic rings. The Bertz CT molecular complexity index is 343. The molecule has 0 radical (unpaired) electrons. The van der Waals surface area contributed by atoms with Gasteiger partial charge in [0.25, 0.3) is 0 Å². The van der Waals surface area contributed by atoms with Crippen molar-refractivity contribution in [2.75, 3.05) is 6.54 Å². The summed E-state index contributed by atoms with van der Waals surface area (Å²) in [5, 5.41) is 3.40. The highest BCUT2D eigenvalue weighted by Gasteiger charge is 2.16. The lowest BCUT2D eigenvalue weighted by molar-refractivity contribution is 0.553. The fourth-order valence-corrected chi connectivity index (χ4v) is 2.64. The Kier molecular flexibility index (Phi) is 5.59. The van der Waals surface area contributed by atoms with E-state index in [9.17, 15) is 0 Å². The second-order valence-electron chi connectivity index (χ2n) is 5.27. The number of nitrogens with zero attached hydrogens (tertiary/aromatic N) is 2. The van der Waals surface area contributed by atoms with Gasteiger partial charge in [-0.05, 0) is 31.9 Å². The van der Waals surface area contributed by atoms with E-state index >= 15 is 0 Å². The highest BCUT2D eigenvalue weighted by Crippen LogP contribution is 2.29. The van der Waals surface area contributed by atoms with Crippen LogP contribution in [0.3, 0.4) is 0 Å². The molecule has 0 bridgehead atoms. The van der Waals surface area contributed by atoms with Crippen molar-refractivity contribution in [3.8, 4) is 0 Å². The summed E-state index contributed by atoms with van der Waals surface area (Å²) in [6.45, 7) is 4.11. The Balaban J connectivity index is 1.96. The molecular formula is C15H25N3. The molecule has 1 heterocycles. The Morgan fingerprint density at radius 3 is 2.72 bits per heavy atom. The largest absolute Gasteiger partial charge is 0.311 e. The summed E-state index contributed by atoms with van der Waals surface area (Å²) in [5.74, 6) is 1.67. The van der Waals surface area contributed by atoms with Crippen molar-refractivity contribution in [2.24, 2.45) is 0 Å². The lowest BCUT2D eigenvalue weighted by atomic mass is 9.99. The van der Waals surface area contributed by atoms with Crippen LogP contribution < -0.4 is 5.32 Å². The molecule has 0 saturated heterocycles. The molecule has 0 amide bonds. The number of aromatic nitrogens is 2. The van der Waals surface area contributed by atoms with Crippen molar-refractivity contribution in [3.63, 3.8) is 0 Å². The van der Waals surface area contributed by atoms with Gasteiger partial charge >= 0.3 is 0 Å². The van der Waals surface area contributed by atoms with E-state index in [-0.39, 0.29) is 0 Å². The van der Waals surface area contributed by atoms with Crippen LogP contribution in [-0.4, -0.2) is 16.5 Å². The van der Waals surface area contributed by atoms with E-state index in [0.29, 0.717) is 5.92 Å². The van der Waals surface area contributed by atoms with E-state index in [2.05, 4.69) is 17.2 Å². The molecular weight excluding hydrogens is 222 g/mol. The molecule has 0 aromatic carbocycles. The minimum atomic E-state index is 0.596. The summed E-state index contributed by atoms with van der Waals surface area (Å²) in [7, 11) is 0. The molecule has 1 aliphatic carbocycles. The summed E-state index contributed by atoms with van der Waals surface area (Å²) >= 11 is 0. The van der Waals surface area contributed by atoms with E-state index in [1.165, 1.54) is 44.9 Å². The minimum absolute atomic E-state index is 0.596. The first-order chi connectivity index (χ1) is 8.90. The van der Waals surface area contributed by atoms with Gasteiger partial charge in [-0.25, -0.2) is 9.97 Å². The van der Waals surface area contributed by atoms with Gasteiger partial charge in [-0.15, -0.1) is 0 Å². The summed E-state index contributed by atoms with van der Waals surface area (Å²) < 4.78 is 0. The van der Waals surface area contributed by atoms with Crippen LogP contribution in [0.4, 0.5) is 0 Å². The maximum Gasteiger partial charge on any atom is 0.131 e. The second kappa shape index (κ2) is 7.47. The smallest absolute Gasteiger partial charge is 0.131 e. The average Bonchev–Trinajstić information content (AvgIpc) is 2.68. The third kappa shape index (κ3) is 4.05. The zero-order chi connectivity index (χ0) is 12.6. The molecule has 3 nitrogen and oxygen atoms in total. The van der Waals surface area contributed by atoms with E-state index in [1.54, 1.807) is 0 Å². The number of nitrogens with one attached hydrogen (secondary N) is 1. The highest BCUT2D eigenvalue weighted by molar-refractivity contribution is 5.06. The molecule has 1 saturated carbocycles. The first-order valence-electron chi connectivity index (χ1n) is 7.42. The molecule has 1 fully saturated rings. The monoisotopic (exact) mass is 247 g/mol. The molecule has 3 heteroatoms. The maximum atomic E-state index is 4.74. The van der Waals surface area contributed by atoms with Crippen molar-refractivity contribution in [1.82, 2.24) is 15.3 Å². The van der Waals surface area contributed by atoms with Crippen LogP contribution in [0.15, 0.2) is 12.3 Å². The van der Waals surface area contributed by atoms with Gasteiger partial charge in [0.15, 0.2) is 0 Å². The van der Waals surface area contributed by atoms with Crippen molar-refractivity contribution in [2.45, 2.75) is 64.3 Å². The molecule has 2 rings (SSSR count). The predicted molar refractivity (Wildman–Crippen MR) is 74.5 cm³/mol. The topological polar surface area (TPSA) is 37.8 Å². The Morgan fingerprint density at radius 1 is 1.22 bits per heavy atom. The molecule has 1 aromatic heterocycles. The Hall–Kier alpha value is -0.960. The van der Waals surface area contributed by atoms with E-state index in [4.69, 9.17) is 4.98 Å². The molecule has 1 N–H and O–H groups in total. The molecule has 18 heavy (non-hydrogen) atoms. The van der Waals surface area contributed by atoms with E-state index in [1.807, 2.05) is 12.3 Å². The fourth-order valence-electron chi connectivity index (χ4n) is 2.64. The fraction of sp³-hybridized carbons (Fsp3) is 0.733. The van der Waals surface area contributed by atoms with Crippen LogP contribution in [0.1, 0.15) is 69.3 Å². The maximum absolute atomic E-state index is 4.74. The van der Waals surface area contributed by atoms with Crippen LogP contribution >= 0.6 is 0 Å². The van der Waals surface area contributed by atoms with Crippen LogP contribution in [0.5, 0.6) is 0 Å². The highest BCUT2D eigenvalue weighted by atomic mass is 14.9. The lowest BCUT2D eigenvalue weighted by Crippen LogP contribution is -2.16. The van der Waals surface area contributed by atoms with Crippen molar-refractivity contribution < 1.29 is 0 Å². The van der Waals surface area contributed by atoms with Gasteiger partial charge in [0.05, 0.1) is 5.69 Å². The third-order valence-corrected chi connectivity index (χ3v) is 3.69. The van der Waals surface area contributed by atoms with Crippen molar-refractivity contribution in [3.05, 3.63) is 23.8 Å². The van der Waals surface area contributed by atoms with Crippen LogP contribution in [-0.2, 0) is 6.54 Å². The van der Waals surface area contributed by atoms with Crippen molar-refractivity contribution in [1.29, 1.82) is 0 Å². The van der Waals surface area contributed by atoms with Crippen molar-refractivity contribution >= 4 is 0 Å². The first-order valence-corrected chi connectivity index (χ1v) is 7.42. The summed E-state index contributed by atoms with van der Waals surface area (Å²) in [6.07, 6.45) is 11.1. The molecule has 1 aliphatic rings. The van der Waals surface area contributed by atoms with Gasteiger partial charge in [-0.1, -0.05) is 32.6 Å². The number of hydrogen-bond acceptors (Lipinski definition) is 3. The summed E-state index contributed by atoms with van der Waals surface area (Å²) in [4.78, 5) is 9.23. The molecule has 0 atom stereocenters. The predicted octanol–water partition coefficient (Wildman–Crippen LogP) is 3.41. The average molecular weight is 247 g/mol. The van der Waals surface area contributed by atoms with E-state index < -0.39 is 0 Å². The zero-order valence-corrected chi connectivity index (χ0v) is 11.5. The Labute approximate surface area is 110 Å². The van der Waals surface area contributed by atoms with Gasteiger partial charge in [-0.2, -0.15) is 0 Å². The molecule has 0 aliphatic heterocycles. The van der Waals surface area contributed by atoms with Crippen LogP contribution in [0.2, 0.25) is 0 Å². The lowest BCUT2D eigenvalue weighted by Gasteiger charge is -2.13. The molecule has 0 spiro atoms. The molecule has 0 unspecified atom stereocenters. The van der Waals surface area contributed by atoms with Crippen LogP contribution in [0.25, 0.3) is 0 Å². The third-order valence-electron chi connectivity index (χ3n) is 3.69. The summed E-state index contributed by atoms with van der Waals surface area (Å²) in [5.41, 5.74) is 1.14. The van der Waals surface area contributed by atoms with Gasteiger partial charge in [0, 0.05) is 18.7 Å². The number of hydrogen-bond donors (Lipinski definition) is 1. The SMILES string of the molecule is CCCNCc1ccnc(C2CCCCCC2)n1. The van der Waals surface area contributed by atoms with E-state index in [0.717, 1.165) is 24.6 Å². The van der Waals surface area contributed by atoms with Gasteiger partial charge in [0.1, 0.15) is 5.82 Å². The van der Waals surface area contributed by atoms with Gasteiger partial charge in [-0.3, -0.25) is 0 Å². The normalized spacial score (nSPS) is 17.6. The minimum Gasteiger partial charge on any atom is -0.311 e. The zero-order valence-electron chi connectivity index (χ0n) is 11.5. The van der Waals surface area contributed by atoms with Gasteiger partial charge in [0.2, 0.25) is 0 Å². The second-order valence-corrected chi connectivity index (χ2v) is 5.27. The summed E-state index contributed by atoms with van der Waals surface area (Å²) in [6, 6.07) is 2.03. The standard InChI is InChI=1S/C15H25N3/c1-2-10-16-12-14-9-11-17-15(18-14)13-7-5-3-4-6-8-13/h9,11,13,16H,2-8,10,12H2,1H3. The van der Waals surface area contributed by atoms with Gasteiger partial charge < -0.3 is 5.32 Å². The molecule has 100 valence electrons. The number of rotatable bonds is 5. The van der Waals surface area contributed by atoms with Crippen LogP contribution in [0, 0.1) is 0 Å². The quantitative estimate of drug-likeness (QED) is 0.640. The first kappa shape index (κ1) is 13.5. The Morgan fingerprint density at radius 2 is 2.00 bits per heavy atom.